The maximum Gasteiger partial charge on any atom is 0.336 e. The molecule has 0 atom stereocenters. The molecule has 3 rings (SSSR count). The van der Waals surface area contributed by atoms with Crippen LogP contribution in [0.15, 0.2) is 77.9 Å². The number of rotatable bonds is 8. The monoisotopic (exact) mass is 459 g/mol. The zero-order valence-corrected chi connectivity index (χ0v) is 18.4. The molecule has 1 amide bonds. The standard InChI is InChI=1S/C25H21N3O6/c1-17-6-11-19(12-7-17)25(30)27-26-16-20-4-3-5-22(28(31)32)24(20)34-23(29)15-10-18-8-13-21(33-2)14-9-18/h3-16H,1-2H3,(H,27,30)/b15-10+,26-16+. The Balaban J connectivity index is 1.76. The minimum absolute atomic E-state index is 0.143. The van der Waals surface area contributed by atoms with Gasteiger partial charge in [-0.05, 0) is 48.9 Å². The smallest absolute Gasteiger partial charge is 0.336 e. The van der Waals surface area contributed by atoms with E-state index < -0.39 is 22.5 Å². The van der Waals surface area contributed by atoms with Crippen molar-refractivity contribution in [2.24, 2.45) is 5.10 Å². The van der Waals surface area contributed by atoms with Crippen molar-refractivity contribution in [3.05, 3.63) is 105 Å². The molecule has 9 nitrogen and oxygen atoms in total. The van der Waals surface area contributed by atoms with E-state index in [0.717, 1.165) is 11.6 Å². The molecule has 9 heteroatoms. The van der Waals surface area contributed by atoms with Gasteiger partial charge in [-0.15, -0.1) is 0 Å². The predicted molar refractivity (Wildman–Crippen MR) is 127 cm³/mol. The van der Waals surface area contributed by atoms with Gasteiger partial charge in [-0.2, -0.15) is 5.10 Å². The zero-order chi connectivity index (χ0) is 24.5. The summed E-state index contributed by atoms with van der Waals surface area (Å²) in [5, 5.41) is 15.3. The van der Waals surface area contributed by atoms with E-state index in [-0.39, 0.29) is 11.3 Å². The third-order valence-corrected chi connectivity index (χ3v) is 4.64. The van der Waals surface area contributed by atoms with E-state index in [9.17, 15) is 19.7 Å². The first-order valence-electron chi connectivity index (χ1n) is 10.1. The molecule has 0 fully saturated rings. The Morgan fingerprint density at radius 3 is 2.38 bits per heavy atom. The van der Waals surface area contributed by atoms with Gasteiger partial charge in [-0.25, -0.2) is 10.2 Å². The number of hydrogen-bond acceptors (Lipinski definition) is 7. The second-order valence-electron chi connectivity index (χ2n) is 7.05. The number of nitro benzene ring substituents is 1. The molecule has 0 heterocycles. The van der Waals surface area contributed by atoms with Crippen LogP contribution in [0.1, 0.15) is 27.0 Å². The largest absolute Gasteiger partial charge is 0.497 e. The van der Waals surface area contributed by atoms with Gasteiger partial charge >= 0.3 is 11.7 Å². The highest BCUT2D eigenvalue weighted by atomic mass is 16.6. The predicted octanol–water partition coefficient (Wildman–Crippen LogP) is 4.29. The van der Waals surface area contributed by atoms with E-state index in [1.807, 2.05) is 6.92 Å². The molecule has 0 spiro atoms. The molecule has 1 N–H and O–H groups in total. The second kappa shape index (κ2) is 11.2. The van der Waals surface area contributed by atoms with Crippen LogP contribution in [0.3, 0.4) is 0 Å². The number of nitrogens with zero attached hydrogens (tertiary/aromatic N) is 2. The summed E-state index contributed by atoms with van der Waals surface area (Å²) in [7, 11) is 1.55. The summed E-state index contributed by atoms with van der Waals surface area (Å²) in [5.41, 5.74) is 4.19. The second-order valence-corrected chi connectivity index (χ2v) is 7.05. The van der Waals surface area contributed by atoms with Crippen LogP contribution >= 0.6 is 0 Å². The lowest BCUT2D eigenvalue weighted by Crippen LogP contribution is -2.17. The number of carbonyl (C=O) groups is 2. The fraction of sp³-hybridized carbons (Fsp3) is 0.0800. The van der Waals surface area contributed by atoms with Crippen LogP contribution in [0.25, 0.3) is 6.08 Å². The molecule has 0 aliphatic heterocycles. The quantitative estimate of drug-likeness (QED) is 0.134. The Hall–Kier alpha value is -4.79. The summed E-state index contributed by atoms with van der Waals surface area (Å²) in [5.74, 6) is -0.894. The summed E-state index contributed by atoms with van der Waals surface area (Å²) >= 11 is 0. The van der Waals surface area contributed by atoms with Crippen LogP contribution in [-0.2, 0) is 4.79 Å². The van der Waals surface area contributed by atoms with E-state index in [2.05, 4.69) is 10.5 Å². The van der Waals surface area contributed by atoms with Gasteiger partial charge in [0.25, 0.3) is 5.91 Å². The summed E-state index contributed by atoms with van der Waals surface area (Å²) in [6.45, 7) is 1.90. The molecule has 172 valence electrons. The average molecular weight is 459 g/mol. The lowest BCUT2D eigenvalue weighted by molar-refractivity contribution is -0.385. The fourth-order valence-electron chi connectivity index (χ4n) is 2.84. The van der Waals surface area contributed by atoms with Gasteiger partial charge in [-0.1, -0.05) is 35.9 Å². The molecular formula is C25H21N3O6. The van der Waals surface area contributed by atoms with Crippen molar-refractivity contribution in [3.63, 3.8) is 0 Å². The normalized spacial score (nSPS) is 10.9. The number of methoxy groups -OCH3 is 1. The highest BCUT2D eigenvalue weighted by molar-refractivity contribution is 5.96. The van der Waals surface area contributed by atoms with E-state index in [4.69, 9.17) is 9.47 Å². The van der Waals surface area contributed by atoms with Crippen LogP contribution < -0.4 is 14.9 Å². The Labute approximate surface area is 195 Å². The summed E-state index contributed by atoms with van der Waals surface area (Å²) in [4.78, 5) is 35.4. The van der Waals surface area contributed by atoms with Crippen molar-refractivity contribution in [2.75, 3.05) is 7.11 Å². The maximum absolute atomic E-state index is 12.4. The first kappa shape index (κ1) is 23.9. The van der Waals surface area contributed by atoms with Crippen LogP contribution in [0.2, 0.25) is 0 Å². The molecule has 34 heavy (non-hydrogen) atoms. The van der Waals surface area contributed by atoms with Crippen molar-refractivity contribution in [1.29, 1.82) is 0 Å². The average Bonchev–Trinajstić information content (AvgIpc) is 2.84. The Morgan fingerprint density at radius 2 is 1.74 bits per heavy atom. The number of hydrogen-bond donors (Lipinski definition) is 1. The van der Waals surface area contributed by atoms with Gasteiger partial charge < -0.3 is 9.47 Å². The SMILES string of the molecule is COc1ccc(/C=C/C(=O)Oc2c(/C=N/NC(=O)c3ccc(C)cc3)cccc2[N+](=O)[O-])cc1. The molecule has 0 aliphatic carbocycles. The van der Waals surface area contributed by atoms with E-state index >= 15 is 0 Å². The molecule has 0 bridgehead atoms. The Bertz CT molecular complexity index is 1250. The molecule has 0 saturated heterocycles. The van der Waals surface area contributed by atoms with Gasteiger partial charge in [0.05, 0.1) is 18.2 Å². The van der Waals surface area contributed by atoms with Crippen LogP contribution in [-0.4, -0.2) is 30.1 Å². The number of nitrogens with one attached hydrogen (secondary N) is 1. The van der Waals surface area contributed by atoms with Gasteiger partial charge in [0.15, 0.2) is 0 Å². The lowest BCUT2D eigenvalue weighted by Gasteiger charge is -2.06. The number of esters is 1. The number of hydrazone groups is 1. The number of carbonyl (C=O) groups excluding carboxylic acids is 2. The van der Waals surface area contributed by atoms with Gasteiger partial charge in [0.2, 0.25) is 5.75 Å². The number of nitro groups is 1. The Morgan fingerprint density at radius 1 is 1.03 bits per heavy atom. The van der Waals surface area contributed by atoms with Gasteiger partial charge in [0, 0.05) is 23.3 Å². The summed E-state index contributed by atoms with van der Waals surface area (Å²) < 4.78 is 10.3. The fourth-order valence-corrected chi connectivity index (χ4v) is 2.84. The minimum Gasteiger partial charge on any atom is -0.497 e. The van der Waals surface area contributed by atoms with Gasteiger partial charge in [-0.3, -0.25) is 14.9 Å². The molecule has 3 aromatic carbocycles. The number of ether oxygens (including phenoxy) is 2. The Kier molecular flexibility index (Phi) is 7.85. The van der Waals surface area contributed by atoms with E-state index in [1.165, 1.54) is 30.5 Å². The van der Waals surface area contributed by atoms with E-state index in [0.29, 0.717) is 16.9 Å². The third kappa shape index (κ3) is 6.36. The van der Waals surface area contributed by atoms with Crippen molar-refractivity contribution >= 4 is 29.9 Å². The van der Waals surface area contributed by atoms with E-state index in [1.54, 1.807) is 55.6 Å². The zero-order valence-electron chi connectivity index (χ0n) is 18.4. The van der Waals surface area contributed by atoms with Crippen LogP contribution in [0, 0.1) is 17.0 Å². The topological polar surface area (TPSA) is 120 Å². The van der Waals surface area contributed by atoms with Crippen molar-refractivity contribution in [1.82, 2.24) is 5.43 Å². The lowest BCUT2D eigenvalue weighted by atomic mass is 10.1. The molecular weight excluding hydrogens is 438 g/mol. The minimum atomic E-state index is -0.816. The van der Waals surface area contributed by atoms with Crippen molar-refractivity contribution in [2.45, 2.75) is 6.92 Å². The summed E-state index contributed by atoms with van der Waals surface area (Å²) in [6, 6.07) is 17.9. The molecule has 0 aromatic heterocycles. The highest BCUT2D eigenvalue weighted by Crippen LogP contribution is 2.30. The van der Waals surface area contributed by atoms with Crippen molar-refractivity contribution in [3.8, 4) is 11.5 Å². The number of amides is 1. The first-order valence-corrected chi connectivity index (χ1v) is 10.1. The molecule has 0 aliphatic rings. The first-order chi connectivity index (χ1) is 16.4. The van der Waals surface area contributed by atoms with Crippen LogP contribution in [0.5, 0.6) is 11.5 Å². The summed E-state index contributed by atoms with van der Waals surface area (Å²) in [6.07, 6.45) is 3.83. The molecule has 0 saturated carbocycles. The van der Waals surface area contributed by atoms with Crippen molar-refractivity contribution < 1.29 is 24.0 Å². The van der Waals surface area contributed by atoms with Crippen LogP contribution in [0.4, 0.5) is 5.69 Å². The highest BCUT2D eigenvalue weighted by Gasteiger charge is 2.20. The number of para-hydroxylation sites is 1. The molecule has 0 radical (unpaired) electrons. The maximum atomic E-state index is 12.4. The molecule has 0 unspecified atom stereocenters. The third-order valence-electron chi connectivity index (χ3n) is 4.64. The number of benzene rings is 3. The van der Waals surface area contributed by atoms with Gasteiger partial charge in [0.1, 0.15) is 5.75 Å². The number of aryl methyl sites for hydroxylation is 1. The molecule has 3 aromatic rings.